The summed E-state index contributed by atoms with van der Waals surface area (Å²) in [5.41, 5.74) is -0.705. The second kappa shape index (κ2) is 6.31. The first-order chi connectivity index (χ1) is 8.33. The molecule has 8 heteroatoms. The molecule has 1 unspecified atom stereocenters. The van der Waals surface area contributed by atoms with Crippen molar-refractivity contribution >= 4 is 33.0 Å². The lowest BCUT2D eigenvalue weighted by Crippen LogP contribution is -2.45. The molecule has 0 aliphatic heterocycles. The predicted octanol–water partition coefficient (Wildman–Crippen LogP) is 1.73. The summed E-state index contributed by atoms with van der Waals surface area (Å²) in [4.78, 5) is 0. The summed E-state index contributed by atoms with van der Waals surface area (Å²) in [6.07, 6.45) is 0. The van der Waals surface area contributed by atoms with Gasteiger partial charge in [0, 0.05) is 20.8 Å². The first-order valence-electron chi connectivity index (χ1n) is 5.12. The lowest BCUT2D eigenvalue weighted by atomic mass is 10.1. The van der Waals surface area contributed by atoms with Gasteiger partial charge in [0.25, 0.3) is 0 Å². The minimum absolute atomic E-state index is 0.120. The highest BCUT2D eigenvalue weighted by atomic mass is 35.5. The van der Waals surface area contributed by atoms with Crippen LogP contribution in [-0.2, 0) is 19.5 Å². The van der Waals surface area contributed by atoms with Crippen molar-refractivity contribution in [3.8, 4) is 0 Å². The average Bonchev–Trinajstić information content (AvgIpc) is 2.75. The molecule has 0 aliphatic carbocycles. The summed E-state index contributed by atoms with van der Waals surface area (Å²) < 4.78 is 37.2. The van der Waals surface area contributed by atoms with Gasteiger partial charge in [-0.1, -0.05) is 11.6 Å². The van der Waals surface area contributed by atoms with Crippen molar-refractivity contribution < 1.29 is 17.9 Å². The second-order valence-electron chi connectivity index (χ2n) is 3.97. The predicted molar refractivity (Wildman–Crippen MR) is 71.8 cm³/mol. The largest absolute Gasteiger partial charge is 0.382 e. The van der Waals surface area contributed by atoms with Gasteiger partial charge >= 0.3 is 0 Å². The minimum Gasteiger partial charge on any atom is -0.382 e. The molecule has 0 radical (unpaired) electrons. The molecule has 1 aromatic rings. The number of methoxy groups -OCH3 is 2. The zero-order chi connectivity index (χ0) is 13.8. The fourth-order valence-corrected chi connectivity index (χ4v) is 3.93. The van der Waals surface area contributed by atoms with Crippen LogP contribution in [0.2, 0.25) is 4.34 Å². The van der Waals surface area contributed by atoms with Crippen LogP contribution < -0.4 is 4.72 Å². The van der Waals surface area contributed by atoms with E-state index in [2.05, 4.69) is 4.72 Å². The average molecular weight is 314 g/mol. The summed E-state index contributed by atoms with van der Waals surface area (Å²) in [5.74, 6) is 0. The van der Waals surface area contributed by atoms with Gasteiger partial charge in [-0.2, -0.15) is 0 Å². The van der Waals surface area contributed by atoms with Gasteiger partial charge in [0.1, 0.15) is 9.81 Å². The molecule has 1 heterocycles. The van der Waals surface area contributed by atoms with E-state index in [1.54, 1.807) is 13.0 Å². The first kappa shape index (κ1) is 15.9. The molecule has 5 nitrogen and oxygen atoms in total. The molecule has 104 valence electrons. The minimum atomic E-state index is -3.55. The van der Waals surface area contributed by atoms with Gasteiger partial charge in [-0.25, -0.2) is 13.1 Å². The molecular formula is C10H16ClNO4S2. The maximum atomic E-state index is 12.0. The Labute approximate surface area is 116 Å². The Morgan fingerprint density at radius 2 is 2.11 bits per heavy atom. The fraction of sp³-hybridized carbons (Fsp3) is 0.600. The number of ether oxygens (including phenoxy) is 2. The molecule has 0 fully saturated rings. The van der Waals surface area contributed by atoms with Crippen molar-refractivity contribution in [2.24, 2.45) is 0 Å². The first-order valence-corrected chi connectivity index (χ1v) is 7.80. The lowest BCUT2D eigenvalue weighted by molar-refractivity contribution is -0.0460. The van der Waals surface area contributed by atoms with E-state index in [-0.39, 0.29) is 17.4 Å². The Bertz CT molecular complexity index is 488. The molecule has 1 atom stereocenters. The van der Waals surface area contributed by atoms with Crippen LogP contribution in [0.5, 0.6) is 0 Å². The summed E-state index contributed by atoms with van der Waals surface area (Å²) in [6.45, 7) is 2.17. The van der Waals surface area contributed by atoms with Crippen molar-refractivity contribution in [3.05, 3.63) is 16.5 Å². The number of rotatable bonds is 7. The normalized spacial score (nSPS) is 15.6. The number of thiophene rings is 1. The highest BCUT2D eigenvalue weighted by Crippen LogP contribution is 2.25. The van der Waals surface area contributed by atoms with E-state index in [4.69, 9.17) is 21.1 Å². The van der Waals surface area contributed by atoms with Crippen molar-refractivity contribution in [3.63, 3.8) is 0 Å². The van der Waals surface area contributed by atoms with Gasteiger partial charge in [0.15, 0.2) is 0 Å². The molecular weight excluding hydrogens is 298 g/mol. The van der Waals surface area contributed by atoms with Crippen LogP contribution in [0.25, 0.3) is 0 Å². The molecule has 0 aliphatic rings. The van der Waals surface area contributed by atoms with E-state index in [1.165, 1.54) is 20.3 Å². The van der Waals surface area contributed by atoms with E-state index >= 15 is 0 Å². The number of hydrogen-bond acceptors (Lipinski definition) is 5. The highest BCUT2D eigenvalue weighted by Gasteiger charge is 2.27. The van der Waals surface area contributed by atoms with Crippen molar-refractivity contribution in [2.45, 2.75) is 16.7 Å². The van der Waals surface area contributed by atoms with Crippen molar-refractivity contribution in [2.75, 3.05) is 27.4 Å². The topological polar surface area (TPSA) is 64.6 Å². The zero-order valence-electron chi connectivity index (χ0n) is 10.4. The maximum Gasteiger partial charge on any atom is 0.250 e. The highest BCUT2D eigenvalue weighted by molar-refractivity contribution is 7.91. The van der Waals surface area contributed by atoms with E-state index in [0.29, 0.717) is 4.34 Å². The monoisotopic (exact) mass is 313 g/mol. The maximum absolute atomic E-state index is 12.0. The quantitative estimate of drug-likeness (QED) is 0.832. The molecule has 1 aromatic heterocycles. The Morgan fingerprint density at radius 3 is 2.56 bits per heavy atom. The van der Waals surface area contributed by atoms with Gasteiger partial charge in [-0.3, -0.25) is 0 Å². The number of halogens is 1. The SMILES string of the molecule is COCC(C)(CNS(=O)(=O)c1ccc(Cl)s1)OC. The lowest BCUT2D eigenvalue weighted by Gasteiger charge is -2.27. The Kier molecular flexibility index (Phi) is 5.57. The Balaban J connectivity index is 2.73. The van der Waals surface area contributed by atoms with E-state index < -0.39 is 15.6 Å². The Morgan fingerprint density at radius 1 is 1.44 bits per heavy atom. The summed E-state index contributed by atoms with van der Waals surface area (Å²) >= 11 is 6.72. The number of nitrogens with one attached hydrogen (secondary N) is 1. The number of hydrogen-bond donors (Lipinski definition) is 1. The molecule has 0 amide bonds. The van der Waals surface area contributed by atoms with Gasteiger partial charge in [-0.15, -0.1) is 11.3 Å². The molecule has 18 heavy (non-hydrogen) atoms. The third-order valence-electron chi connectivity index (χ3n) is 2.39. The standard InChI is InChI=1S/C10H16ClNO4S2/c1-10(16-3,7-15-2)6-12-18(13,14)9-5-4-8(11)17-9/h4-5,12H,6-7H2,1-3H3. The van der Waals surface area contributed by atoms with Crippen molar-refractivity contribution in [1.29, 1.82) is 0 Å². The Hall–Kier alpha value is -0.180. The molecule has 0 saturated heterocycles. The molecule has 0 spiro atoms. The molecule has 0 aromatic carbocycles. The van der Waals surface area contributed by atoms with Gasteiger partial charge in [0.05, 0.1) is 10.9 Å². The molecule has 1 N–H and O–H groups in total. The smallest absolute Gasteiger partial charge is 0.250 e. The van der Waals surface area contributed by atoms with Crippen LogP contribution in [-0.4, -0.2) is 41.4 Å². The van der Waals surface area contributed by atoms with Gasteiger partial charge in [0.2, 0.25) is 10.0 Å². The second-order valence-corrected chi connectivity index (χ2v) is 7.68. The van der Waals surface area contributed by atoms with Crippen LogP contribution in [0.4, 0.5) is 0 Å². The summed E-state index contributed by atoms with van der Waals surface area (Å²) in [7, 11) is -0.511. The molecule has 0 saturated carbocycles. The summed E-state index contributed by atoms with van der Waals surface area (Å²) in [5, 5.41) is 0. The van der Waals surface area contributed by atoms with Gasteiger partial charge < -0.3 is 9.47 Å². The van der Waals surface area contributed by atoms with E-state index in [9.17, 15) is 8.42 Å². The van der Waals surface area contributed by atoms with Crippen LogP contribution >= 0.6 is 22.9 Å². The van der Waals surface area contributed by atoms with Gasteiger partial charge in [-0.05, 0) is 19.1 Å². The van der Waals surface area contributed by atoms with Crippen LogP contribution in [0.1, 0.15) is 6.92 Å². The van der Waals surface area contributed by atoms with E-state index in [0.717, 1.165) is 11.3 Å². The van der Waals surface area contributed by atoms with Crippen LogP contribution in [0.3, 0.4) is 0 Å². The third-order valence-corrected chi connectivity index (χ3v) is 5.52. The molecule has 1 rings (SSSR count). The summed E-state index contributed by atoms with van der Waals surface area (Å²) in [6, 6.07) is 3.02. The van der Waals surface area contributed by atoms with Crippen LogP contribution in [0.15, 0.2) is 16.3 Å². The zero-order valence-corrected chi connectivity index (χ0v) is 12.8. The van der Waals surface area contributed by atoms with Crippen molar-refractivity contribution in [1.82, 2.24) is 4.72 Å². The third kappa shape index (κ3) is 4.18. The van der Waals surface area contributed by atoms with E-state index in [1.807, 2.05) is 0 Å². The number of sulfonamides is 1. The van der Waals surface area contributed by atoms with Crippen LogP contribution in [0, 0.1) is 0 Å². The molecule has 0 bridgehead atoms. The fourth-order valence-electron chi connectivity index (χ4n) is 1.25.